The first-order chi connectivity index (χ1) is 22.5. The molecule has 1 aliphatic rings. The van der Waals surface area contributed by atoms with Crippen molar-refractivity contribution in [3.05, 3.63) is 58.3 Å². The number of benzene rings is 3. The van der Waals surface area contributed by atoms with Crippen LogP contribution in [0.4, 0.5) is 9.59 Å². The smallest absolute Gasteiger partial charge is 0.410 e. The number of carbonyl (C=O) groups is 2. The summed E-state index contributed by atoms with van der Waals surface area (Å²) in [5, 5.41) is 2.73. The summed E-state index contributed by atoms with van der Waals surface area (Å²) >= 11 is 0. The number of pyridine rings is 1. The third kappa shape index (κ3) is 5.90. The number of ether oxygens (including phenoxy) is 4. The maximum absolute atomic E-state index is 14.4. The predicted octanol–water partition coefficient (Wildman–Crippen LogP) is 7.95. The van der Waals surface area contributed by atoms with Crippen molar-refractivity contribution in [2.24, 2.45) is 7.05 Å². The van der Waals surface area contributed by atoms with E-state index in [1.165, 1.54) is 7.11 Å². The van der Waals surface area contributed by atoms with Gasteiger partial charge >= 0.3 is 12.2 Å². The van der Waals surface area contributed by atoms with Gasteiger partial charge in [-0.2, -0.15) is 0 Å². The number of amides is 2. The number of hydrogen-bond donors (Lipinski definition) is 0. The van der Waals surface area contributed by atoms with Crippen molar-refractivity contribution < 1.29 is 28.5 Å². The fourth-order valence-corrected chi connectivity index (χ4v) is 7.22. The Kier molecular flexibility index (Phi) is 9.34. The molecule has 258 valence electrons. The van der Waals surface area contributed by atoms with Crippen LogP contribution in [0, 0.1) is 0 Å². The van der Waals surface area contributed by atoms with Gasteiger partial charge in [0.05, 0.1) is 29.1 Å². The molecule has 0 fully saturated rings. The molecule has 0 N–H and O–H groups in total. The third-order valence-electron chi connectivity index (χ3n) is 9.24. The summed E-state index contributed by atoms with van der Waals surface area (Å²) in [4.78, 5) is 45.7. The number of aryl methyl sites for hydroxylation is 1. The Bertz CT molecular complexity index is 1930. The minimum Gasteiger partial charge on any atom is -0.496 e. The monoisotopic (exact) mass is 659 g/mol. The van der Waals surface area contributed by atoms with Gasteiger partial charge in [0.2, 0.25) is 5.43 Å². The standard InChI is InChI=1S/C38H49N3O7/c1-20(2)40(21(3)4)36(43)46-34-31-29(48-38(9,10)35(34)47-37(44)41(22(5)6)23(7)8)19-28(45-12)30-32(31)39(11)27-18-25-16-14-13-15-24(25)17-26(27)33(30)42/h13-23,34-35H,1-12H3/t34-,35-/m0/s1. The molecule has 0 saturated carbocycles. The van der Waals surface area contributed by atoms with Crippen LogP contribution in [0.5, 0.6) is 11.5 Å². The van der Waals surface area contributed by atoms with E-state index in [4.69, 9.17) is 18.9 Å². The van der Waals surface area contributed by atoms with Crippen LogP contribution in [0.15, 0.2) is 47.3 Å². The Morgan fingerprint density at radius 1 is 0.833 bits per heavy atom. The largest absolute Gasteiger partial charge is 0.496 e. The molecular formula is C38H49N3O7. The third-order valence-corrected chi connectivity index (χ3v) is 9.24. The zero-order chi connectivity index (χ0) is 35.4. The van der Waals surface area contributed by atoms with Crippen LogP contribution >= 0.6 is 0 Å². The molecule has 1 aliphatic heterocycles. The summed E-state index contributed by atoms with van der Waals surface area (Å²) in [6, 6.07) is 12.8. The van der Waals surface area contributed by atoms with E-state index < -0.39 is 30.0 Å². The molecule has 2 heterocycles. The minimum absolute atomic E-state index is 0.150. The zero-order valence-electron chi connectivity index (χ0n) is 30.2. The molecule has 4 aromatic rings. The fraction of sp³-hybridized carbons (Fsp3) is 0.500. The topological polar surface area (TPSA) is 99.5 Å². The van der Waals surface area contributed by atoms with Gasteiger partial charge in [-0.05, 0) is 92.1 Å². The molecule has 0 saturated heterocycles. The first-order valence-corrected chi connectivity index (χ1v) is 16.7. The Hall–Kier alpha value is -4.47. The molecule has 0 spiro atoms. The van der Waals surface area contributed by atoms with E-state index in [0.717, 1.165) is 10.8 Å². The number of carbonyl (C=O) groups excluding carboxylic acids is 2. The average molecular weight is 660 g/mol. The van der Waals surface area contributed by atoms with Gasteiger partial charge in [-0.1, -0.05) is 24.3 Å². The van der Waals surface area contributed by atoms with Crippen LogP contribution in [0.25, 0.3) is 32.6 Å². The second-order valence-corrected chi connectivity index (χ2v) is 14.3. The summed E-state index contributed by atoms with van der Waals surface area (Å²) in [5.41, 5.74) is 0.194. The number of fused-ring (bicyclic) bond motifs is 5. The molecule has 10 heteroatoms. The van der Waals surface area contributed by atoms with Gasteiger partial charge in [0.25, 0.3) is 0 Å². The molecule has 5 rings (SSSR count). The van der Waals surface area contributed by atoms with E-state index in [0.29, 0.717) is 38.9 Å². The van der Waals surface area contributed by atoms with Crippen LogP contribution in [0.2, 0.25) is 0 Å². The maximum atomic E-state index is 14.4. The summed E-state index contributed by atoms with van der Waals surface area (Å²) in [6.45, 7) is 19.0. The van der Waals surface area contributed by atoms with Crippen molar-refractivity contribution in [2.75, 3.05) is 7.11 Å². The van der Waals surface area contributed by atoms with Crippen molar-refractivity contribution in [1.29, 1.82) is 0 Å². The van der Waals surface area contributed by atoms with Crippen molar-refractivity contribution in [1.82, 2.24) is 14.4 Å². The lowest BCUT2D eigenvalue weighted by atomic mass is 9.86. The summed E-state index contributed by atoms with van der Waals surface area (Å²) < 4.78 is 27.2. The summed E-state index contributed by atoms with van der Waals surface area (Å²) in [6.07, 6.45) is -3.35. The highest BCUT2D eigenvalue weighted by Gasteiger charge is 2.51. The van der Waals surface area contributed by atoms with Crippen LogP contribution in [0.3, 0.4) is 0 Å². The number of methoxy groups -OCH3 is 1. The molecule has 3 aromatic carbocycles. The lowest BCUT2D eigenvalue weighted by molar-refractivity contribution is -0.128. The van der Waals surface area contributed by atoms with Gasteiger partial charge in [0, 0.05) is 42.7 Å². The number of aromatic nitrogens is 1. The number of nitrogens with zero attached hydrogens (tertiary/aromatic N) is 3. The number of rotatable bonds is 7. The van der Waals surface area contributed by atoms with Crippen molar-refractivity contribution >= 4 is 44.8 Å². The first kappa shape index (κ1) is 34.9. The lowest BCUT2D eigenvalue weighted by Gasteiger charge is -2.45. The molecular weight excluding hydrogens is 610 g/mol. The van der Waals surface area contributed by atoms with Gasteiger partial charge in [-0.3, -0.25) is 4.79 Å². The van der Waals surface area contributed by atoms with Crippen molar-refractivity contribution in [3.8, 4) is 11.5 Å². The van der Waals surface area contributed by atoms with E-state index in [1.807, 2.05) is 103 Å². The van der Waals surface area contributed by atoms with Crippen LogP contribution in [0.1, 0.15) is 80.9 Å². The highest BCUT2D eigenvalue weighted by Crippen LogP contribution is 2.49. The van der Waals surface area contributed by atoms with Crippen LogP contribution < -0.4 is 14.9 Å². The molecule has 10 nitrogen and oxygen atoms in total. The Morgan fingerprint density at radius 3 is 1.88 bits per heavy atom. The predicted molar refractivity (Wildman–Crippen MR) is 189 cm³/mol. The van der Waals surface area contributed by atoms with Gasteiger partial charge in [-0.15, -0.1) is 0 Å². The molecule has 0 radical (unpaired) electrons. The maximum Gasteiger partial charge on any atom is 0.410 e. The fourth-order valence-electron chi connectivity index (χ4n) is 7.22. The normalized spacial score (nSPS) is 17.2. The highest BCUT2D eigenvalue weighted by atomic mass is 16.6. The quantitative estimate of drug-likeness (QED) is 0.186. The number of hydrogen-bond acceptors (Lipinski definition) is 7. The SMILES string of the molecule is COc1cc2c(c3c1c(=O)c1cc4ccccc4cc1n3C)[C@H](OC(=O)N(C(C)C)C(C)C)[C@H](OC(=O)N(C(C)C)C(C)C)C(C)(C)O2. The minimum atomic E-state index is -1.15. The molecule has 2 atom stereocenters. The summed E-state index contributed by atoms with van der Waals surface area (Å²) in [7, 11) is 3.38. The van der Waals surface area contributed by atoms with E-state index in [2.05, 4.69) is 0 Å². The molecule has 0 aliphatic carbocycles. The zero-order valence-corrected chi connectivity index (χ0v) is 30.2. The van der Waals surface area contributed by atoms with Crippen molar-refractivity contribution in [3.63, 3.8) is 0 Å². The van der Waals surface area contributed by atoms with Gasteiger partial charge in [-0.25, -0.2) is 9.59 Å². The first-order valence-electron chi connectivity index (χ1n) is 16.7. The molecule has 2 amide bonds. The molecule has 48 heavy (non-hydrogen) atoms. The molecule has 0 unspecified atom stereocenters. The van der Waals surface area contributed by atoms with Crippen LogP contribution in [-0.2, 0) is 16.5 Å². The van der Waals surface area contributed by atoms with E-state index in [-0.39, 0.29) is 29.6 Å². The van der Waals surface area contributed by atoms with Gasteiger partial charge in [0.15, 0.2) is 12.2 Å². The molecule has 1 aromatic heterocycles. The highest BCUT2D eigenvalue weighted by molar-refractivity contribution is 6.04. The Balaban J connectivity index is 1.85. The van der Waals surface area contributed by atoms with E-state index in [1.54, 1.807) is 29.7 Å². The average Bonchev–Trinajstić information content (AvgIpc) is 2.98. The van der Waals surface area contributed by atoms with Gasteiger partial charge in [0.1, 0.15) is 17.1 Å². The van der Waals surface area contributed by atoms with Crippen molar-refractivity contribution in [2.45, 2.75) is 111 Å². The Morgan fingerprint density at radius 2 is 1.35 bits per heavy atom. The second-order valence-electron chi connectivity index (χ2n) is 14.3. The second kappa shape index (κ2) is 12.9. The van der Waals surface area contributed by atoms with E-state index in [9.17, 15) is 14.4 Å². The summed E-state index contributed by atoms with van der Waals surface area (Å²) in [5.74, 6) is 0.697. The van der Waals surface area contributed by atoms with Gasteiger partial charge < -0.3 is 33.3 Å². The Labute approximate surface area is 282 Å². The molecule has 0 bridgehead atoms. The van der Waals surface area contributed by atoms with Crippen LogP contribution in [-0.4, -0.2) is 69.5 Å². The lowest BCUT2D eigenvalue weighted by Crippen LogP contribution is -2.55. The van der Waals surface area contributed by atoms with E-state index >= 15 is 0 Å².